The number of fused-ring (bicyclic) bond motifs is 1. The molecule has 0 aromatic heterocycles. The van der Waals surface area contributed by atoms with Crippen LogP contribution in [0.4, 0.5) is 0 Å². The van der Waals surface area contributed by atoms with Gasteiger partial charge in [0.05, 0.1) is 31.1 Å². The van der Waals surface area contributed by atoms with Crippen LogP contribution in [0.15, 0.2) is 66.7 Å². The van der Waals surface area contributed by atoms with Crippen LogP contribution in [-0.4, -0.2) is 37.1 Å². The number of rotatable bonds is 13. The Balaban J connectivity index is 1.11. The molecule has 3 aromatic rings. The Hall–Kier alpha value is -3.00. The van der Waals surface area contributed by atoms with E-state index in [-0.39, 0.29) is 24.4 Å². The first-order valence-electron chi connectivity index (χ1n) is 16.0. The molecule has 6 unspecified atom stereocenters. The van der Waals surface area contributed by atoms with E-state index < -0.39 is 12.4 Å². The molecular formula is C37H48N2O4. The number of aliphatic hydroxyl groups is 1. The number of nitrogens with one attached hydrogen (secondary N) is 2. The van der Waals surface area contributed by atoms with Gasteiger partial charge in [-0.1, -0.05) is 86.2 Å². The van der Waals surface area contributed by atoms with Crippen LogP contribution < -0.4 is 15.4 Å². The minimum Gasteiger partial charge on any atom is -0.493 e. The maximum Gasteiger partial charge on any atom is 0.184 e. The van der Waals surface area contributed by atoms with Crippen molar-refractivity contribution in [3.05, 3.63) is 100 Å². The Labute approximate surface area is 257 Å². The van der Waals surface area contributed by atoms with Crippen LogP contribution in [0.25, 0.3) is 12.2 Å². The van der Waals surface area contributed by atoms with Crippen molar-refractivity contribution in [3.63, 3.8) is 0 Å². The highest BCUT2D eigenvalue weighted by molar-refractivity contribution is 5.69. The number of hydrogen-bond donors (Lipinski definition) is 3. The standard InChI is InChI=1S/C37H48N2O4/c1-5-6-8-27-11-13-28(14-12-27)15-16-29-17-19-30(20-18-29)37-42-25(2)23-32(43-37)24-31(40)21-22-41-34-10-7-9-33-26(3)39-36(38-4)35(33)34/h7,9-20,25-26,31-32,36-40H,5-6,8,21-24H2,1-4H3/b16-15+. The lowest BCUT2D eigenvalue weighted by atomic mass is 10.0. The van der Waals surface area contributed by atoms with Gasteiger partial charge in [-0.25, -0.2) is 0 Å². The molecule has 0 aliphatic carbocycles. The Kier molecular flexibility index (Phi) is 11.1. The van der Waals surface area contributed by atoms with E-state index in [9.17, 15) is 5.11 Å². The summed E-state index contributed by atoms with van der Waals surface area (Å²) in [6, 6.07) is 23.6. The summed E-state index contributed by atoms with van der Waals surface area (Å²) < 4.78 is 18.6. The number of ether oxygens (including phenoxy) is 3. The van der Waals surface area contributed by atoms with Crippen molar-refractivity contribution >= 4 is 12.2 Å². The van der Waals surface area contributed by atoms with Crippen LogP contribution >= 0.6 is 0 Å². The van der Waals surface area contributed by atoms with Crippen LogP contribution in [0.1, 0.15) is 105 Å². The van der Waals surface area contributed by atoms with Gasteiger partial charge < -0.3 is 24.6 Å². The van der Waals surface area contributed by atoms with Gasteiger partial charge in [0, 0.05) is 23.6 Å². The highest BCUT2D eigenvalue weighted by Gasteiger charge is 2.31. The van der Waals surface area contributed by atoms with Gasteiger partial charge in [-0.05, 0) is 74.9 Å². The lowest BCUT2D eigenvalue weighted by Crippen LogP contribution is -2.34. The maximum absolute atomic E-state index is 10.9. The van der Waals surface area contributed by atoms with Crippen LogP contribution in [0.2, 0.25) is 0 Å². The van der Waals surface area contributed by atoms with E-state index in [2.05, 4.69) is 98.2 Å². The number of unbranched alkanes of at least 4 members (excludes halogenated alkanes) is 1. The molecule has 1 fully saturated rings. The summed E-state index contributed by atoms with van der Waals surface area (Å²) in [4.78, 5) is 0. The molecule has 0 spiro atoms. The fourth-order valence-corrected chi connectivity index (χ4v) is 6.09. The summed E-state index contributed by atoms with van der Waals surface area (Å²) in [5.41, 5.74) is 7.13. The van der Waals surface area contributed by atoms with Gasteiger partial charge in [0.15, 0.2) is 6.29 Å². The zero-order valence-electron chi connectivity index (χ0n) is 26.1. The van der Waals surface area contributed by atoms with Crippen LogP contribution in [0, 0.1) is 0 Å². The van der Waals surface area contributed by atoms with E-state index >= 15 is 0 Å². The lowest BCUT2D eigenvalue weighted by molar-refractivity contribution is -0.248. The predicted molar refractivity (Wildman–Crippen MR) is 174 cm³/mol. The van der Waals surface area contributed by atoms with Crippen LogP contribution in [0.5, 0.6) is 5.75 Å². The van der Waals surface area contributed by atoms with E-state index in [1.807, 2.05) is 19.2 Å². The number of aryl methyl sites for hydroxylation is 1. The van der Waals surface area contributed by atoms with Gasteiger partial charge >= 0.3 is 0 Å². The first-order valence-corrected chi connectivity index (χ1v) is 16.0. The molecule has 0 bridgehead atoms. The Morgan fingerprint density at radius 1 is 1.00 bits per heavy atom. The van der Waals surface area contributed by atoms with Gasteiger partial charge in [-0.3, -0.25) is 5.32 Å². The topological polar surface area (TPSA) is 72.0 Å². The third-order valence-electron chi connectivity index (χ3n) is 8.55. The molecule has 5 rings (SSSR count). The molecule has 6 atom stereocenters. The average Bonchev–Trinajstić information content (AvgIpc) is 3.35. The van der Waals surface area contributed by atoms with Gasteiger partial charge in [0.25, 0.3) is 0 Å². The largest absolute Gasteiger partial charge is 0.493 e. The summed E-state index contributed by atoms with van der Waals surface area (Å²) in [5, 5.41) is 17.7. The van der Waals surface area contributed by atoms with E-state index in [0.29, 0.717) is 19.4 Å². The zero-order valence-corrected chi connectivity index (χ0v) is 26.1. The Morgan fingerprint density at radius 3 is 2.42 bits per heavy atom. The quantitative estimate of drug-likeness (QED) is 0.181. The number of aliphatic hydroxyl groups excluding tert-OH is 1. The molecule has 2 aliphatic rings. The maximum atomic E-state index is 10.9. The third kappa shape index (κ3) is 8.34. The normalized spacial score (nSPS) is 24.3. The summed E-state index contributed by atoms with van der Waals surface area (Å²) >= 11 is 0. The van der Waals surface area contributed by atoms with E-state index in [0.717, 1.165) is 35.3 Å². The number of hydrogen-bond acceptors (Lipinski definition) is 6. The summed E-state index contributed by atoms with van der Waals surface area (Å²) in [6.45, 7) is 6.91. The van der Waals surface area contributed by atoms with Crippen molar-refractivity contribution in [2.24, 2.45) is 0 Å². The third-order valence-corrected chi connectivity index (χ3v) is 8.55. The van der Waals surface area contributed by atoms with Crippen molar-refractivity contribution in [2.45, 2.75) is 96.1 Å². The minimum atomic E-state index is -0.516. The summed E-state index contributed by atoms with van der Waals surface area (Å²) in [7, 11) is 1.95. The van der Waals surface area contributed by atoms with Crippen molar-refractivity contribution in [3.8, 4) is 5.75 Å². The molecule has 3 N–H and O–H groups in total. The second-order valence-electron chi connectivity index (χ2n) is 12.0. The minimum absolute atomic E-state index is 0.0481. The van der Waals surface area contributed by atoms with Crippen molar-refractivity contribution in [1.29, 1.82) is 0 Å². The highest BCUT2D eigenvalue weighted by atomic mass is 16.7. The van der Waals surface area contributed by atoms with Crippen LogP contribution in [0.3, 0.4) is 0 Å². The first-order chi connectivity index (χ1) is 20.9. The average molecular weight is 585 g/mol. The Bertz CT molecular complexity index is 1320. The van der Waals surface area contributed by atoms with Gasteiger partial charge in [-0.15, -0.1) is 0 Å². The highest BCUT2D eigenvalue weighted by Crippen LogP contribution is 2.38. The summed E-state index contributed by atoms with van der Waals surface area (Å²) in [6.07, 6.45) is 8.81. The van der Waals surface area contributed by atoms with E-state index in [1.54, 1.807) is 0 Å². The molecule has 3 aromatic carbocycles. The van der Waals surface area contributed by atoms with Crippen molar-refractivity contribution in [1.82, 2.24) is 10.6 Å². The second kappa shape index (κ2) is 15.1. The fourth-order valence-electron chi connectivity index (χ4n) is 6.09. The Morgan fingerprint density at radius 2 is 1.72 bits per heavy atom. The van der Waals surface area contributed by atoms with Crippen molar-refractivity contribution in [2.75, 3.05) is 13.7 Å². The van der Waals surface area contributed by atoms with E-state index in [4.69, 9.17) is 14.2 Å². The predicted octanol–water partition coefficient (Wildman–Crippen LogP) is 7.49. The molecule has 43 heavy (non-hydrogen) atoms. The van der Waals surface area contributed by atoms with E-state index in [1.165, 1.54) is 29.5 Å². The fraction of sp³-hybridized carbons (Fsp3) is 0.459. The molecule has 2 aliphatic heterocycles. The SMILES string of the molecule is CCCCc1ccc(/C=C/c2ccc(C3OC(C)CC(CC(O)CCOc4cccc5c4C(NC)NC5C)O3)cc2)cc1. The summed E-state index contributed by atoms with van der Waals surface area (Å²) in [5.74, 6) is 0.871. The van der Waals surface area contributed by atoms with Crippen molar-refractivity contribution < 1.29 is 19.3 Å². The number of benzene rings is 3. The molecule has 6 heteroatoms. The van der Waals surface area contributed by atoms with Gasteiger partial charge in [0.1, 0.15) is 5.75 Å². The smallest absolute Gasteiger partial charge is 0.184 e. The second-order valence-corrected chi connectivity index (χ2v) is 12.0. The van der Waals surface area contributed by atoms with Gasteiger partial charge in [-0.2, -0.15) is 0 Å². The first kappa shape index (κ1) is 31.4. The monoisotopic (exact) mass is 584 g/mol. The lowest BCUT2D eigenvalue weighted by Gasteiger charge is -2.35. The van der Waals surface area contributed by atoms with Crippen LogP contribution in [-0.2, 0) is 15.9 Å². The molecule has 2 heterocycles. The molecule has 0 radical (unpaired) electrons. The molecule has 6 nitrogen and oxygen atoms in total. The molecule has 0 amide bonds. The molecular weight excluding hydrogens is 536 g/mol. The zero-order chi connectivity index (χ0) is 30.2. The van der Waals surface area contributed by atoms with Gasteiger partial charge in [0.2, 0.25) is 0 Å². The molecule has 230 valence electrons. The molecule has 0 saturated carbocycles. The molecule has 1 saturated heterocycles.